The zero-order chi connectivity index (χ0) is 14.4. The molecule has 0 radical (unpaired) electrons. The molecule has 1 N–H and O–H groups in total. The Bertz CT molecular complexity index is 254. The van der Waals surface area contributed by atoms with Crippen molar-refractivity contribution in [1.29, 1.82) is 0 Å². The molecule has 0 aromatic carbocycles. The van der Waals surface area contributed by atoms with Gasteiger partial charge in [-0.05, 0) is 31.5 Å². The molecular weight excluding hydrogens is 240 g/mol. The van der Waals surface area contributed by atoms with Crippen LogP contribution in [-0.2, 0) is 4.43 Å². The van der Waals surface area contributed by atoms with Crippen molar-refractivity contribution < 1.29 is 9.53 Å². The highest BCUT2D eigenvalue weighted by Crippen LogP contribution is 2.37. The van der Waals surface area contributed by atoms with E-state index in [0.717, 1.165) is 6.42 Å². The summed E-state index contributed by atoms with van der Waals surface area (Å²) >= 11 is 0. The third-order valence-corrected chi connectivity index (χ3v) is 8.40. The lowest BCUT2D eigenvalue weighted by Crippen LogP contribution is -2.45. The van der Waals surface area contributed by atoms with Gasteiger partial charge in [-0.1, -0.05) is 52.7 Å². The van der Waals surface area contributed by atoms with Crippen molar-refractivity contribution in [3.8, 4) is 0 Å². The second kappa shape index (κ2) is 7.46. The third-order valence-electron chi connectivity index (χ3n) is 3.83. The molecule has 0 aliphatic heterocycles. The Morgan fingerprint density at radius 2 is 1.83 bits per heavy atom. The van der Waals surface area contributed by atoms with Crippen LogP contribution in [-0.4, -0.2) is 25.6 Å². The standard InChI is InChI=1S/C15H32O2Si/c1-8-9-10-11-12-14(16)13(2)17-18(6,7)15(3,4)5/h11-14,16H,8-10H2,1-7H3. The first-order valence-electron chi connectivity index (χ1n) is 7.14. The monoisotopic (exact) mass is 272 g/mol. The van der Waals surface area contributed by atoms with Gasteiger partial charge in [0.05, 0.1) is 12.2 Å². The number of rotatable bonds is 7. The van der Waals surface area contributed by atoms with Gasteiger partial charge in [0.15, 0.2) is 8.32 Å². The van der Waals surface area contributed by atoms with Gasteiger partial charge in [-0.3, -0.25) is 0 Å². The van der Waals surface area contributed by atoms with E-state index in [-0.39, 0.29) is 11.1 Å². The first kappa shape index (κ1) is 17.9. The second-order valence-electron chi connectivity index (χ2n) is 6.64. The molecule has 18 heavy (non-hydrogen) atoms. The molecule has 108 valence electrons. The first-order valence-corrected chi connectivity index (χ1v) is 10.0. The van der Waals surface area contributed by atoms with E-state index < -0.39 is 14.4 Å². The zero-order valence-corrected chi connectivity index (χ0v) is 14.3. The van der Waals surface area contributed by atoms with E-state index in [0.29, 0.717) is 0 Å². The smallest absolute Gasteiger partial charge is 0.192 e. The normalized spacial score (nSPS) is 17.1. The summed E-state index contributed by atoms with van der Waals surface area (Å²) in [6, 6.07) is 0. The number of hydrogen-bond donors (Lipinski definition) is 1. The Hall–Kier alpha value is -0.123. The molecule has 0 heterocycles. The van der Waals surface area contributed by atoms with Gasteiger partial charge < -0.3 is 9.53 Å². The SMILES string of the molecule is CCCCC=CC(O)C(C)O[Si](C)(C)C(C)(C)C. The molecule has 0 aromatic rings. The molecule has 0 fully saturated rings. The quantitative estimate of drug-likeness (QED) is 0.420. The minimum atomic E-state index is -1.78. The number of aliphatic hydroxyl groups excluding tert-OH is 1. The van der Waals surface area contributed by atoms with Gasteiger partial charge >= 0.3 is 0 Å². The minimum absolute atomic E-state index is 0.122. The Kier molecular flexibility index (Phi) is 7.41. The Balaban J connectivity index is 4.31. The van der Waals surface area contributed by atoms with E-state index in [1.54, 1.807) is 0 Å². The number of aliphatic hydroxyl groups is 1. The van der Waals surface area contributed by atoms with Crippen LogP contribution in [0.5, 0.6) is 0 Å². The Labute approximate surface area is 115 Å². The van der Waals surface area contributed by atoms with E-state index in [2.05, 4.69) is 46.9 Å². The molecule has 3 heteroatoms. The first-order chi connectivity index (χ1) is 8.12. The molecule has 2 atom stereocenters. The molecular formula is C15H32O2Si. The largest absolute Gasteiger partial charge is 0.411 e. The molecule has 0 rings (SSSR count). The van der Waals surface area contributed by atoms with Crippen LogP contribution in [0.1, 0.15) is 53.9 Å². The Morgan fingerprint density at radius 1 is 1.28 bits per heavy atom. The van der Waals surface area contributed by atoms with Crippen molar-refractivity contribution in [3.05, 3.63) is 12.2 Å². The molecule has 2 nitrogen and oxygen atoms in total. The maximum Gasteiger partial charge on any atom is 0.192 e. The molecule has 2 unspecified atom stereocenters. The lowest BCUT2D eigenvalue weighted by molar-refractivity contribution is 0.0691. The molecule has 0 amide bonds. The predicted molar refractivity (Wildman–Crippen MR) is 82.4 cm³/mol. The molecule has 0 saturated carbocycles. The molecule has 0 aliphatic rings. The van der Waals surface area contributed by atoms with E-state index in [1.165, 1.54) is 12.8 Å². The summed E-state index contributed by atoms with van der Waals surface area (Å²) in [6.07, 6.45) is 6.75. The topological polar surface area (TPSA) is 29.5 Å². The van der Waals surface area contributed by atoms with Crippen LogP contribution in [0.15, 0.2) is 12.2 Å². The van der Waals surface area contributed by atoms with Crippen molar-refractivity contribution in [2.75, 3.05) is 0 Å². The van der Waals surface area contributed by atoms with Gasteiger partial charge in [-0.15, -0.1) is 0 Å². The van der Waals surface area contributed by atoms with Crippen LogP contribution >= 0.6 is 0 Å². The summed E-state index contributed by atoms with van der Waals surface area (Å²) in [5.41, 5.74) is 0. The third kappa shape index (κ3) is 6.16. The maximum atomic E-state index is 10.1. The lowest BCUT2D eigenvalue weighted by Gasteiger charge is -2.39. The number of unbranched alkanes of at least 4 members (excludes halogenated alkanes) is 2. The van der Waals surface area contributed by atoms with E-state index in [9.17, 15) is 5.11 Å². The van der Waals surface area contributed by atoms with Gasteiger partial charge in [0, 0.05) is 0 Å². The number of hydrogen-bond acceptors (Lipinski definition) is 2. The van der Waals surface area contributed by atoms with Crippen molar-refractivity contribution in [2.45, 2.75) is 84.2 Å². The second-order valence-corrected chi connectivity index (χ2v) is 11.4. The van der Waals surface area contributed by atoms with Crippen LogP contribution in [0.3, 0.4) is 0 Å². The molecule has 0 spiro atoms. The highest BCUT2D eigenvalue weighted by molar-refractivity contribution is 6.74. The summed E-state index contributed by atoms with van der Waals surface area (Å²) in [4.78, 5) is 0. The highest BCUT2D eigenvalue weighted by Gasteiger charge is 2.39. The number of allylic oxidation sites excluding steroid dienone is 1. The fourth-order valence-electron chi connectivity index (χ4n) is 1.43. The Morgan fingerprint density at radius 3 is 2.28 bits per heavy atom. The fourth-order valence-corrected chi connectivity index (χ4v) is 2.85. The van der Waals surface area contributed by atoms with Crippen molar-refractivity contribution >= 4 is 8.32 Å². The fraction of sp³-hybridized carbons (Fsp3) is 0.867. The van der Waals surface area contributed by atoms with Crippen molar-refractivity contribution in [2.24, 2.45) is 0 Å². The summed E-state index contributed by atoms with van der Waals surface area (Å²) in [5, 5.41) is 10.2. The predicted octanol–water partition coefficient (Wildman–Crippen LogP) is 4.50. The summed E-state index contributed by atoms with van der Waals surface area (Å²) in [7, 11) is -1.78. The van der Waals surface area contributed by atoms with E-state index >= 15 is 0 Å². The summed E-state index contributed by atoms with van der Waals surface area (Å²) in [5.74, 6) is 0. The molecule has 0 aliphatic carbocycles. The van der Waals surface area contributed by atoms with Gasteiger partial charge in [0.1, 0.15) is 0 Å². The van der Waals surface area contributed by atoms with Gasteiger partial charge in [0.25, 0.3) is 0 Å². The van der Waals surface area contributed by atoms with E-state index in [4.69, 9.17) is 4.43 Å². The van der Waals surface area contributed by atoms with Gasteiger partial charge in [-0.2, -0.15) is 0 Å². The lowest BCUT2D eigenvalue weighted by atomic mass is 10.2. The van der Waals surface area contributed by atoms with Crippen LogP contribution in [0.25, 0.3) is 0 Å². The van der Waals surface area contributed by atoms with Crippen LogP contribution < -0.4 is 0 Å². The van der Waals surface area contributed by atoms with Crippen molar-refractivity contribution in [3.63, 3.8) is 0 Å². The van der Waals surface area contributed by atoms with E-state index in [1.807, 2.05) is 13.0 Å². The summed E-state index contributed by atoms with van der Waals surface area (Å²) < 4.78 is 6.16. The van der Waals surface area contributed by atoms with Gasteiger partial charge in [-0.25, -0.2) is 0 Å². The maximum absolute atomic E-state index is 10.1. The van der Waals surface area contributed by atoms with Crippen LogP contribution in [0.2, 0.25) is 18.1 Å². The average Bonchev–Trinajstić information content (AvgIpc) is 2.21. The minimum Gasteiger partial charge on any atom is -0.411 e. The van der Waals surface area contributed by atoms with Crippen LogP contribution in [0, 0.1) is 0 Å². The summed E-state index contributed by atoms with van der Waals surface area (Å²) in [6.45, 7) is 15.2. The van der Waals surface area contributed by atoms with Crippen LogP contribution in [0.4, 0.5) is 0 Å². The molecule has 0 bridgehead atoms. The van der Waals surface area contributed by atoms with Gasteiger partial charge in [0.2, 0.25) is 0 Å². The average molecular weight is 273 g/mol. The van der Waals surface area contributed by atoms with Crippen molar-refractivity contribution in [1.82, 2.24) is 0 Å². The zero-order valence-electron chi connectivity index (χ0n) is 13.3. The molecule has 0 saturated heterocycles. The molecule has 0 aromatic heterocycles. The highest BCUT2D eigenvalue weighted by atomic mass is 28.4.